The highest BCUT2D eigenvalue weighted by Gasteiger charge is 2.18. The summed E-state index contributed by atoms with van der Waals surface area (Å²) in [6.07, 6.45) is 3.96. The molecule has 148 valence electrons. The number of H-pyrrole nitrogens is 1. The molecule has 0 radical (unpaired) electrons. The Morgan fingerprint density at radius 3 is 2.75 bits per heavy atom. The van der Waals surface area contributed by atoms with E-state index >= 15 is 0 Å². The second kappa shape index (κ2) is 8.61. The van der Waals surface area contributed by atoms with Gasteiger partial charge in [-0.1, -0.05) is 12.1 Å². The molecule has 1 aliphatic heterocycles. The highest BCUT2D eigenvalue weighted by molar-refractivity contribution is 5.74. The Morgan fingerprint density at radius 1 is 1.04 bits per heavy atom. The first-order valence-electron chi connectivity index (χ1n) is 10.2. The molecular formula is C22H29N5O. The van der Waals surface area contributed by atoms with E-state index in [9.17, 15) is 0 Å². The third kappa shape index (κ3) is 4.28. The summed E-state index contributed by atoms with van der Waals surface area (Å²) in [6.45, 7) is 10.7. The zero-order valence-corrected chi connectivity index (χ0v) is 16.8. The van der Waals surface area contributed by atoms with Crippen LogP contribution in [0.15, 0.2) is 36.5 Å². The van der Waals surface area contributed by atoms with Crippen molar-refractivity contribution in [3.63, 3.8) is 0 Å². The number of anilines is 1. The molecule has 1 fully saturated rings. The molecule has 4 rings (SSSR count). The van der Waals surface area contributed by atoms with Crippen molar-refractivity contribution in [2.24, 2.45) is 0 Å². The van der Waals surface area contributed by atoms with Crippen molar-refractivity contribution in [3.05, 3.63) is 47.7 Å². The molecule has 28 heavy (non-hydrogen) atoms. The van der Waals surface area contributed by atoms with Crippen LogP contribution < -0.4 is 9.64 Å². The summed E-state index contributed by atoms with van der Waals surface area (Å²) >= 11 is 0. The van der Waals surface area contributed by atoms with E-state index in [4.69, 9.17) is 4.74 Å². The van der Waals surface area contributed by atoms with Crippen LogP contribution in [0.2, 0.25) is 0 Å². The van der Waals surface area contributed by atoms with Gasteiger partial charge in [-0.2, -0.15) is 10.1 Å². The fraction of sp³-hybridized carbons (Fsp3) is 0.455. The summed E-state index contributed by atoms with van der Waals surface area (Å²) in [5.41, 5.74) is 4.96. The Labute approximate surface area is 166 Å². The van der Waals surface area contributed by atoms with E-state index in [0.29, 0.717) is 12.5 Å². The summed E-state index contributed by atoms with van der Waals surface area (Å²) in [6, 6.07) is 10.5. The van der Waals surface area contributed by atoms with Crippen LogP contribution in [-0.2, 0) is 0 Å². The number of benzene rings is 1. The number of hydrogen-bond acceptors (Lipinski definition) is 5. The van der Waals surface area contributed by atoms with Crippen LogP contribution in [0.1, 0.15) is 24.0 Å². The fourth-order valence-electron chi connectivity index (χ4n) is 3.79. The summed E-state index contributed by atoms with van der Waals surface area (Å²) < 4.78 is 5.79. The van der Waals surface area contributed by atoms with Crippen molar-refractivity contribution in [1.82, 2.24) is 20.1 Å². The van der Waals surface area contributed by atoms with E-state index < -0.39 is 0 Å². The lowest BCUT2D eigenvalue weighted by atomic mass is 10.1. The molecule has 0 bridgehead atoms. The quantitative estimate of drug-likeness (QED) is 0.636. The monoisotopic (exact) mass is 379 g/mol. The molecule has 3 aromatic rings. The van der Waals surface area contributed by atoms with Crippen LogP contribution in [0.5, 0.6) is 5.88 Å². The predicted octanol–water partition coefficient (Wildman–Crippen LogP) is 3.56. The van der Waals surface area contributed by atoms with Crippen LogP contribution in [0.3, 0.4) is 0 Å². The van der Waals surface area contributed by atoms with E-state index in [0.717, 1.165) is 56.6 Å². The summed E-state index contributed by atoms with van der Waals surface area (Å²) in [5.74, 6) is 0.666. The topological polar surface area (TPSA) is 57.3 Å². The lowest BCUT2D eigenvalue weighted by molar-refractivity contribution is 0.236. The standard InChI is InChI=1S/C22H29N5O/c1-17-6-5-7-20(18(17)2)27-13-11-26(12-14-27)10-3-4-15-28-21-9-8-19-16-23-25-22(19)24-21/h5-9,16H,3-4,10-15H2,1-2H3,(H,23,24,25). The zero-order valence-electron chi connectivity index (χ0n) is 16.8. The molecule has 3 heterocycles. The third-order valence-electron chi connectivity index (χ3n) is 5.68. The minimum Gasteiger partial charge on any atom is -0.478 e. The molecule has 0 aliphatic carbocycles. The number of unbranched alkanes of at least 4 members (excludes halogenated alkanes) is 1. The van der Waals surface area contributed by atoms with E-state index in [1.807, 2.05) is 12.1 Å². The maximum atomic E-state index is 5.79. The highest BCUT2D eigenvalue weighted by atomic mass is 16.5. The van der Waals surface area contributed by atoms with Gasteiger partial charge in [-0.15, -0.1) is 0 Å². The average Bonchev–Trinajstić information content (AvgIpc) is 3.18. The lowest BCUT2D eigenvalue weighted by Crippen LogP contribution is -2.46. The number of pyridine rings is 1. The molecule has 1 N–H and O–H groups in total. The van der Waals surface area contributed by atoms with Gasteiger partial charge in [0, 0.05) is 43.3 Å². The van der Waals surface area contributed by atoms with Crippen LogP contribution in [0.4, 0.5) is 5.69 Å². The van der Waals surface area contributed by atoms with Crippen molar-refractivity contribution < 1.29 is 4.74 Å². The van der Waals surface area contributed by atoms with E-state index in [2.05, 4.69) is 57.0 Å². The van der Waals surface area contributed by atoms with Crippen molar-refractivity contribution in [2.45, 2.75) is 26.7 Å². The molecule has 0 amide bonds. The molecule has 1 saturated heterocycles. The molecule has 1 aliphatic rings. The summed E-state index contributed by atoms with van der Waals surface area (Å²) in [7, 11) is 0. The molecule has 0 unspecified atom stereocenters. The first kappa shape index (κ1) is 18.7. The minimum absolute atomic E-state index is 0.666. The number of aromatic nitrogens is 3. The molecule has 2 aromatic heterocycles. The zero-order chi connectivity index (χ0) is 19.3. The fourth-order valence-corrected chi connectivity index (χ4v) is 3.79. The number of piperazine rings is 1. The third-order valence-corrected chi connectivity index (χ3v) is 5.68. The molecule has 1 aromatic carbocycles. The number of nitrogens with zero attached hydrogens (tertiary/aromatic N) is 4. The average molecular weight is 380 g/mol. The Bertz CT molecular complexity index is 914. The first-order valence-corrected chi connectivity index (χ1v) is 10.2. The molecule has 0 saturated carbocycles. The maximum Gasteiger partial charge on any atom is 0.215 e. The normalized spacial score (nSPS) is 15.3. The van der Waals surface area contributed by atoms with Gasteiger partial charge in [-0.3, -0.25) is 10.00 Å². The summed E-state index contributed by atoms with van der Waals surface area (Å²) in [4.78, 5) is 9.51. The largest absolute Gasteiger partial charge is 0.478 e. The van der Waals surface area contributed by atoms with Crippen molar-refractivity contribution in [3.8, 4) is 5.88 Å². The Hall–Kier alpha value is -2.60. The van der Waals surface area contributed by atoms with Crippen LogP contribution in [0, 0.1) is 13.8 Å². The molecule has 6 nitrogen and oxygen atoms in total. The predicted molar refractivity (Wildman–Crippen MR) is 113 cm³/mol. The maximum absolute atomic E-state index is 5.79. The number of rotatable bonds is 7. The second-order valence-corrected chi connectivity index (χ2v) is 7.56. The Balaban J connectivity index is 1.16. The molecular weight excluding hydrogens is 350 g/mol. The van der Waals surface area contributed by atoms with Gasteiger partial charge < -0.3 is 9.64 Å². The Morgan fingerprint density at radius 2 is 1.89 bits per heavy atom. The number of aryl methyl sites for hydroxylation is 1. The minimum atomic E-state index is 0.666. The number of aromatic amines is 1. The van der Waals surface area contributed by atoms with E-state index in [1.165, 1.54) is 16.8 Å². The van der Waals surface area contributed by atoms with Gasteiger partial charge in [0.05, 0.1) is 12.8 Å². The number of nitrogens with one attached hydrogen (secondary N) is 1. The lowest BCUT2D eigenvalue weighted by Gasteiger charge is -2.37. The van der Waals surface area contributed by atoms with Gasteiger partial charge >= 0.3 is 0 Å². The van der Waals surface area contributed by atoms with E-state index in [1.54, 1.807) is 6.20 Å². The summed E-state index contributed by atoms with van der Waals surface area (Å²) in [5, 5.41) is 7.87. The van der Waals surface area contributed by atoms with Crippen molar-refractivity contribution in [1.29, 1.82) is 0 Å². The van der Waals surface area contributed by atoms with Gasteiger partial charge in [0.25, 0.3) is 0 Å². The molecule has 0 spiro atoms. The number of fused-ring (bicyclic) bond motifs is 1. The molecule has 6 heteroatoms. The Kier molecular flexibility index (Phi) is 5.76. The van der Waals surface area contributed by atoms with Gasteiger partial charge in [0.15, 0.2) is 5.65 Å². The first-order chi connectivity index (χ1) is 13.7. The van der Waals surface area contributed by atoms with Crippen molar-refractivity contribution >= 4 is 16.7 Å². The van der Waals surface area contributed by atoms with Crippen LogP contribution >= 0.6 is 0 Å². The molecule has 0 atom stereocenters. The SMILES string of the molecule is Cc1cccc(N2CCN(CCCCOc3ccc4cn[nH]c4n3)CC2)c1C. The van der Waals surface area contributed by atoms with E-state index in [-0.39, 0.29) is 0 Å². The van der Waals surface area contributed by atoms with Crippen LogP contribution in [-0.4, -0.2) is 59.4 Å². The van der Waals surface area contributed by atoms with Crippen molar-refractivity contribution in [2.75, 3.05) is 44.2 Å². The van der Waals surface area contributed by atoms with Gasteiger partial charge in [0.1, 0.15) is 0 Å². The smallest absolute Gasteiger partial charge is 0.215 e. The van der Waals surface area contributed by atoms with Gasteiger partial charge in [-0.25, -0.2) is 0 Å². The number of ether oxygens (including phenoxy) is 1. The van der Waals surface area contributed by atoms with Gasteiger partial charge in [-0.05, 0) is 56.5 Å². The van der Waals surface area contributed by atoms with Crippen LogP contribution in [0.25, 0.3) is 11.0 Å². The highest BCUT2D eigenvalue weighted by Crippen LogP contribution is 2.24. The van der Waals surface area contributed by atoms with Gasteiger partial charge in [0.2, 0.25) is 5.88 Å². The number of hydrogen-bond donors (Lipinski definition) is 1. The second-order valence-electron chi connectivity index (χ2n) is 7.56.